The number of benzene rings is 1. The monoisotopic (exact) mass is 297 g/mol. The predicted molar refractivity (Wildman–Crippen MR) is 73.1 cm³/mol. The minimum Gasteiger partial charge on any atom is -0.497 e. The molecule has 1 heterocycles. The molecule has 0 aliphatic rings. The number of aliphatic hydroxyl groups excluding tert-OH is 1. The normalized spacial score (nSPS) is 11.3. The van der Waals surface area contributed by atoms with Crippen LogP contribution in [0.1, 0.15) is 5.56 Å². The number of nitrogens with zero attached hydrogens (tertiary/aromatic N) is 2. The highest BCUT2D eigenvalue weighted by molar-refractivity contribution is 7.92. The van der Waals surface area contributed by atoms with Gasteiger partial charge in [0.15, 0.2) is 5.03 Å². The number of hydrogen-bond acceptors (Lipinski definition) is 5. The minimum absolute atomic E-state index is 0.120. The molecule has 7 nitrogen and oxygen atoms in total. The van der Waals surface area contributed by atoms with Crippen LogP contribution in [0.15, 0.2) is 35.5 Å². The number of anilines is 1. The summed E-state index contributed by atoms with van der Waals surface area (Å²) in [5, 5.41) is 15.1. The van der Waals surface area contributed by atoms with Gasteiger partial charge >= 0.3 is 0 Å². The number of aromatic nitrogens is 2. The summed E-state index contributed by atoms with van der Waals surface area (Å²) in [6, 6.07) is 6.67. The standard InChI is InChI=1S/C12H15N3O4S/c1-15(10-4-3-5-11(6-10)19-2)20(17,18)12-9(8-16)7-13-14-12/h3-7,16H,8H2,1-2H3,(H,13,14). The molecular formula is C12H15N3O4S. The fraction of sp³-hybridized carbons (Fsp3) is 0.250. The van der Waals surface area contributed by atoms with Gasteiger partial charge in [-0.15, -0.1) is 0 Å². The topological polar surface area (TPSA) is 95.5 Å². The fourth-order valence-electron chi connectivity index (χ4n) is 1.72. The fourth-order valence-corrected chi connectivity index (χ4v) is 3.00. The van der Waals surface area contributed by atoms with Crippen molar-refractivity contribution in [1.29, 1.82) is 0 Å². The van der Waals surface area contributed by atoms with E-state index in [1.54, 1.807) is 24.3 Å². The molecule has 0 bridgehead atoms. The van der Waals surface area contributed by atoms with Gasteiger partial charge in [-0.2, -0.15) is 13.5 Å². The van der Waals surface area contributed by atoms with Gasteiger partial charge in [0.1, 0.15) is 5.75 Å². The Morgan fingerprint density at radius 1 is 1.45 bits per heavy atom. The van der Waals surface area contributed by atoms with Crippen molar-refractivity contribution in [1.82, 2.24) is 10.2 Å². The zero-order valence-electron chi connectivity index (χ0n) is 11.1. The van der Waals surface area contributed by atoms with Crippen molar-refractivity contribution in [3.8, 4) is 5.75 Å². The lowest BCUT2D eigenvalue weighted by Gasteiger charge is -2.19. The van der Waals surface area contributed by atoms with E-state index in [4.69, 9.17) is 9.84 Å². The van der Waals surface area contributed by atoms with Gasteiger partial charge in [-0.1, -0.05) is 6.07 Å². The molecule has 0 amide bonds. The maximum atomic E-state index is 12.5. The maximum absolute atomic E-state index is 12.5. The van der Waals surface area contributed by atoms with Crippen molar-refractivity contribution >= 4 is 15.7 Å². The number of aliphatic hydroxyl groups is 1. The molecule has 0 aliphatic carbocycles. The zero-order valence-corrected chi connectivity index (χ0v) is 11.9. The van der Waals surface area contributed by atoms with Crippen LogP contribution < -0.4 is 9.04 Å². The number of hydrogen-bond donors (Lipinski definition) is 2. The molecule has 0 saturated heterocycles. The van der Waals surface area contributed by atoms with Crippen LogP contribution >= 0.6 is 0 Å². The first kappa shape index (κ1) is 14.4. The number of methoxy groups -OCH3 is 1. The lowest BCUT2D eigenvalue weighted by Crippen LogP contribution is -2.27. The molecular weight excluding hydrogens is 282 g/mol. The van der Waals surface area contributed by atoms with Gasteiger partial charge in [0.2, 0.25) is 0 Å². The van der Waals surface area contributed by atoms with Crippen LogP contribution in [0.5, 0.6) is 5.75 Å². The van der Waals surface area contributed by atoms with Gasteiger partial charge in [0.05, 0.1) is 25.6 Å². The Morgan fingerprint density at radius 3 is 2.85 bits per heavy atom. The van der Waals surface area contributed by atoms with E-state index in [-0.39, 0.29) is 10.6 Å². The molecule has 0 fully saturated rings. The van der Waals surface area contributed by atoms with E-state index in [0.717, 1.165) is 4.31 Å². The van der Waals surface area contributed by atoms with Gasteiger partial charge in [-0.05, 0) is 12.1 Å². The second-order valence-electron chi connectivity index (χ2n) is 4.06. The predicted octanol–water partition coefficient (Wildman–Crippen LogP) is 0.736. The van der Waals surface area contributed by atoms with Crippen molar-refractivity contribution in [2.75, 3.05) is 18.5 Å². The number of sulfonamides is 1. The maximum Gasteiger partial charge on any atom is 0.281 e. The second kappa shape index (κ2) is 5.51. The molecule has 2 aromatic rings. The quantitative estimate of drug-likeness (QED) is 0.848. The van der Waals surface area contributed by atoms with E-state index in [1.165, 1.54) is 20.4 Å². The van der Waals surface area contributed by atoms with E-state index in [1.807, 2.05) is 0 Å². The van der Waals surface area contributed by atoms with E-state index in [2.05, 4.69) is 10.2 Å². The average molecular weight is 297 g/mol. The van der Waals surface area contributed by atoms with E-state index >= 15 is 0 Å². The molecule has 2 N–H and O–H groups in total. The van der Waals surface area contributed by atoms with Crippen molar-refractivity contribution in [3.63, 3.8) is 0 Å². The summed E-state index contributed by atoms with van der Waals surface area (Å²) in [4.78, 5) is 0. The molecule has 8 heteroatoms. The van der Waals surface area contributed by atoms with Crippen LogP contribution in [0.25, 0.3) is 0 Å². The summed E-state index contributed by atoms with van der Waals surface area (Å²) in [5.74, 6) is 0.552. The van der Waals surface area contributed by atoms with Crippen LogP contribution in [0.2, 0.25) is 0 Å². The summed E-state index contributed by atoms with van der Waals surface area (Å²) in [6.45, 7) is -0.406. The van der Waals surface area contributed by atoms with Crippen LogP contribution in [-0.4, -0.2) is 37.9 Å². The number of ether oxygens (including phenoxy) is 1. The first-order valence-corrected chi connectivity index (χ1v) is 7.20. The first-order valence-electron chi connectivity index (χ1n) is 5.76. The Morgan fingerprint density at radius 2 is 2.20 bits per heavy atom. The van der Waals surface area contributed by atoms with Crippen molar-refractivity contribution in [3.05, 3.63) is 36.0 Å². The molecule has 0 unspecified atom stereocenters. The van der Waals surface area contributed by atoms with Crippen LogP contribution in [0.4, 0.5) is 5.69 Å². The summed E-state index contributed by atoms with van der Waals surface area (Å²) >= 11 is 0. The molecule has 0 aliphatic heterocycles. The van der Waals surface area contributed by atoms with Crippen LogP contribution in [0, 0.1) is 0 Å². The lowest BCUT2D eigenvalue weighted by atomic mass is 10.3. The van der Waals surface area contributed by atoms with Crippen molar-refractivity contribution < 1.29 is 18.3 Å². The number of aromatic amines is 1. The smallest absolute Gasteiger partial charge is 0.281 e. The first-order chi connectivity index (χ1) is 9.50. The zero-order chi connectivity index (χ0) is 14.8. The average Bonchev–Trinajstić information content (AvgIpc) is 2.95. The Balaban J connectivity index is 2.43. The highest BCUT2D eigenvalue weighted by atomic mass is 32.2. The summed E-state index contributed by atoms with van der Waals surface area (Å²) < 4.78 is 31.1. The molecule has 1 aromatic heterocycles. The van der Waals surface area contributed by atoms with Crippen molar-refractivity contribution in [2.24, 2.45) is 0 Å². The molecule has 108 valence electrons. The Bertz CT molecular complexity index is 696. The third-order valence-electron chi connectivity index (χ3n) is 2.88. The Labute approximate surface area is 116 Å². The highest BCUT2D eigenvalue weighted by Crippen LogP contribution is 2.25. The van der Waals surface area contributed by atoms with E-state index < -0.39 is 16.6 Å². The molecule has 2 rings (SSSR count). The molecule has 0 atom stereocenters. The minimum atomic E-state index is -3.82. The lowest BCUT2D eigenvalue weighted by molar-refractivity contribution is 0.278. The summed E-state index contributed by atoms with van der Waals surface area (Å²) in [7, 11) is -0.888. The molecule has 20 heavy (non-hydrogen) atoms. The number of nitrogens with one attached hydrogen (secondary N) is 1. The molecule has 0 saturated carbocycles. The largest absolute Gasteiger partial charge is 0.497 e. The van der Waals surface area contributed by atoms with Gasteiger partial charge in [0.25, 0.3) is 10.0 Å². The third-order valence-corrected chi connectivity index (χ3v) is 4.69. The second-order valence-corrected chi connectivity index (χ2v) is 5.96. The van der Waals surface area contributed by atoms with Gasteiger partial charge < -0.3 is 9.84 Å². The molecule has 1 aromatic carbocycles. The number of rotatable bonds is 5. The Hall–Kier alpha value is -2.06. The van der Waals surface area contributed by atoms with E-state index in [0.29, 0.717) is 11.4 Å². The van der Waals surface area contributed by atoms with Crippen LogP contribution in [0.3, 0.4) is 0 Å². The third kappa shape index (κ3) is 2.47. The van der Waals surface area contributed by atoms with Crippen molar-refractivity contribution in [2.45, 2.75) is 11.6 Å². The van der Waals surface area contributed by atoms with Gasteiger partial charge in [0, 0.05) is 18.7 Å². The van der Waals surface area contributed by atoms with Gasteiger partial charge in [-0.25, -0.2) is 0 Å². The molecule has 0 spiro atoms. The highest BCUT2D eigenvalue weighted by Gasteiger charge is 2.26. The Kier molecular flexibility index (Phi) is 3.96. The van der Waals surface area contributed by atoms with Gasteiger partial charge in [-0.3, -0.25) is 9.40 Å². The van der Waals surface area contributed by atoms with Crippen LogP contribution in [-0.2, 0) is 16.6 Å². The summed E-state index contributed by atoms with van der Waals surface area (Å²) in [5.41, 5.74) is 0.669. The number of H-pyrrole nitrogens is 1. The van der Waals surface area contributed by atoms with E-state index in [9.17, 15) is 8.42 Å². The summed E-state index contributed by atoms with van der Waals surface area (Å²) in [6.07, 6.45) is 1.28. The molecule has 0 radical (unpaired) electrons. The SMILES string of the molecule is COc1cccc(N(C)S(=O)(=O)c2[nH]ncc2CO)c1.